The summed E-state index contributed by atoms with van der Waals surface area (Å²) in [6, 6.07) is 10.7. The van der Waals surface area contributed by atoms with Gasteiger partial charge in [0.05, 0.1) is 13.2 Å². The second kappa shape index (κ2) is 4.79. The highest BCUT2D eigenvalue weighted by molar-refractivity contribution is 5.23. The molecule has 0 amide bonds. The smallest absolute Gasteiger partial charge is 0.0554 e. The van der Waals surface area contributed by atoms with E-state index in [0.717, 1.165) is 26.3 Å². The van der Waals surface area contributed by atoms with Gasteiger partial charge in [0, 0.05) is 23.9 Å². The van der Waals surface area contributed by atoms with Crippen molar-refractivity contribution in [1.82, 2.24) is 5.32 Å². The van der Waals surface area contributed by atoms with E-state index in [9.17, 15) is 0 Å². The van der Waals surface area contributed by atoms with E-state index < -0.39 is 0 Å². The lowest BCUT2D eigenvalue weighted by Crippen LogP contribution is -2.49. The molecule has 2 heteroatoms. The summed E-state index contributed by atoms with van der Waals surface area (Å²) in [6.45, 7) is 10.7. The van der Waals surface area contributed by atoms with E-state index in [4.69, 9.17) is 4.74 Å². The molecule has 94 valence electrons. The van der Waals surface area contributed by atoms with Gasteiger partial charge in [-0.3, -0.25) is 0 Å². The van der Waals surface area contributed by atoms with Crippen LogP contribution in [0.25, 0.3) is 0 Å². The van der Waals surface area contributed by atoms with Gasteiger partial charge < -0.3 is 10.1 Å². The molecule has 1 N–H and O–H groups in total. The lowest BCUT2D eigenvalue weighted by molar-refractivity contribution is -0.0992. The van der Waals surface area contributed by atoms with Crippen LogP contribution in [0.2, 0.25) is 0 Å². The second-order valence-corrected chi connectivity index (χ2v) is 6.16. The van der Waals surface area contributed by atoms with Crippen LogP contribution in [0.15, 0.2) is 30.3 Å². The van der Waals surface area contributed by atoms with E-state index in [1.165, 1.54) is 5.56 Å². The van der Waals surface area contributed by atoms with Crippen molar-refractivity contribution in [2.24, 2.45) is 5.41 Å². The van der Waals surface area contributed by atoms with Crippen molar-refractivity contribution in [3.05, 3.63) is 35.9 Å². The van der Waals surface area contributed by atoms with E-state index in [1.54, 1.807) is 0 Å². The van der Waals surface area contributed by atoms with Gasteiger partial charge in [-0.25, -0.2) is 0 Å². The predicted molar refractivity (Wildman–Crippen MR) is 71.3 cm³/mol. The second-order valence-electron chi connectivity index (χ2n) is 6.16. The molecule has 1 aromatic rings. The molecule has 2 rings (SSSR count). The van der Waals surface area contributed by atoms with Crippen molar-refractivity contribution in [1.29, 1.82) is 0 Å². The Kier molecular flexibility index (Phi) is 3.55. The van der Waals surface area contributed by atoms with Crippen molar-refractivity contribution in [2.75, 3.05) is 26.3 Å². The maximum absolute atomic E-state index is 5.27. The zero-order valence-electron chi connectivity index (χ0n) is 11.1. The minimum absolute atomic E-state index is 0.183. The van der Waals surface area contributed by atoms with Crippen LogP contribution in [0.1, 0.15) is 26.3 Å². The Morgan fingerprint density at radius 3 is 2.41 bits per heavy atom. The summed E-state index contributed by atoms with van der Waals surface area (Å²) >= 11 is 0. The average molecular weight is 233 g/mol. The van der Waals surface area contributed by atoms with E-state index in [2.05, 4.69) is 56.4 Å². The van der Waals surface area contributed by atoms with E-state index in [1.807, 2.05) is 0 Å². The van der Waals surface area contributed by atoms with Crippen molar-refractivity contribution in [2.45, 2.75) is 26.2 Å². The standard InChI is InChI=1S/C15H23NO/c1-14(2,13-7-5-4-6-8-13)9-16-10-15(3)11-17-12-15/h4-8,16H,9-12H2,1-3H3. The molecule has 0 saturated carbocycles. The average Bonchev–Trinajstić information content (AvgIpc) is 2.28. The molecule has 0 radical (unpaired) electrons. The molecule has 17 heavy (non-hydrogen) atoms. The van der Waals surface area contributed by atoms with Crippen LogP contribution in [0, 0.1) is 5.41 Å². The van der Waals surface area contributed by atoms with Gasteiger partial charge in [0.2, 0.25) is 0 Å². The van der Waals surface area contributed by atoms with Crippen LogP contribution in [0.4, 0.5) is 0 Å². The van der Waals surface area contributed by atoms with Crippen LogP contribution >= 0.6 is 0 Å². The van der Waals surface area contributed by atoms with Crippen molar-refractivity contribution < 1.29 is 4.74 Å². The highest BCUT2D eigenvalue weighted by atomic mass is 16.5. The molecule has 1 aromatic carbocycles. The van der Waals surface area contributed by atoms with Crippen molar-refractivity contribution >= 4 is 0 Å². The van der Waals surface area contributed by atoms with E-state index in [0.29, 0.717) is 5.41 Å². The Morgan fingerprint density at radius 1 is 1.24 bits per heavy atom. The summed E-state index contributed by atoms with van der Waals surface area (Å²) in [5.41, 5.74) is 1.93. The first-order valence-electron chi connectivity index (χ1n) is 6.36. The molecule has 1 fully saturated rings. The van der Waals surface area contributed by atoms with Gasteiger partial charge in [-0.1, -0.05) is 51.1 Å². The Morgan fingerprint density at radius 2 is 1.88 bits per heavy atom. The first-order valence-corrected chi connectivity index (χ1v) is 6.36. The fourth-order valence-electron chi connectivity index (χ4n) is 2.22. The van der Waals surface area contributed by atoms with Crippen LogP contribution < -0.4 is 5.32 Å². The first-order chi connectivity index (χ1) is 8.02. The molecule has 0 aromatic heterocycles. The van der Waals surface area contributed by atoms with E-state index >= 15 is 0 Å². The summed E-state index contributed by atoms with van der Waals surface area (Å²) < 4.78 is 5.27. The van der Waals surface area contributed by atoms with Crippen LogP contribution in [0.3, 0.4) is 0 Å². The van der Waals surface area contributed by atoms with Gasteiger partial charge in [0.25, 0.3) is 0 Å². The first kappa shape index (κ1) is 12.6. The van der Waals surface area contributed by atoms with Crippen LogP contribution in [-0.4, -0.2) is 26.3 Å². The topological polar surface area (TPSA) is 21.3 Å². The number of benzene rings is 1. The van der Waals surface area contributed by atoms with Crippen molar-refractivity contribution in [3.8, 4) is 0 Å². The summed E-state index contributed by atoms with van der Waals surface area (Å²) in [4.78, 5) is 0. The largest absolute Gasteiger partial charge is 0.380 e. The normalized spacial score (nSPS) is 18.8. The molecule has 1 aliphatic rings. The van der Waals surface area contributed by atoms with Gasteiger partial charge in [-0.15, -0.1) is 0 Å². The minimum atomic E-state index is 0.183. The number of hydrogen-bond acceptors (Lipinski definition) is 2. The quantitative estimate of drug-likeness (QED) is 0.844. The van der Waals surface area contributed by atoms with Gasteiger partial charge in [-0.05, 0) is 5.56 Å². The van der Waals surface area contributed by atoms with Crippen LogP contribution in [0.5, 0.6) is 0 Å². The lowest BCUT2D eigenvalue weighted by Gasteiger charge is -2.39. The molecule has 1 saturated heterocycles. The Bertz CT molecular complexity index is 354. The zero-order valence-corrected chi connectivity index (χ0v) is 11.1. The monoisotopic (exact) mass is 233 g/mol. The molecular weight excluding hydrogens is 210 g/mol. The molecule has 0 bridgehead atoms. The third-order valence-corrected chi connectivity index (χ3v) is 3.58. The number of hydrogen-bond donors (Lipinski definition) is 1. The highest BCUT2D eigenvalue weighted by Gasteiger charge is 2.33. The maximum atomic E-state index is 5.27. The Balaban J connectivity index is 1.85. The summed E-state index contributed by atoms with van der Waals surface area (Å²) in [6.07, 6.45) is 0. The fraction of sp³-hybridized carbons (Fsp3) is 0.600. The van der Waals surface area contributed by atoms with Crippen molar-refractivity contribution in [3.63, 3.8) is 0 Å². The Labute approximate surface area is 104 Å². The molecule has 0 atom stereocenters. The third-order valence-electron chi connectivity index (χ3n) is 3.58. The number of ether oxygens (including phenoxy) is 1. The van der Waals surface area contributed by atoms with Gasteiger partial charge >= 0.3 is 0 Å². The van der Waals surface area contributed by atoms with Gasteiger partial charge in [-0.2, -0.15) is 0 Å². The SMILES string of the molecule is CC1(CNCC(C)(C)c2ccccc2)COC1. The third kappa shape index (κ3) is 3.08. The molecular formula is C15H23NO. The predicted octanol–water partition coefficient (Wildman–Crippen LogP) is 2.59. The van der Waals surface area contributed by atoms with Crippen LogP contribution in [-0.2, 0) is 10.2 Å². The molecule has 0 unspecified atom stereocenters. The lowest BCUT2D eigenvalue weighted by atomic mass is 9.83. The summed E-state index contributed by atoms with van der Waals surface area (Å²) in [5.74, 6) is 0. The highest BCUT2D eigenvalue weighted by Crippen LogP contribution is 2.26. The maximum Gasteiger partial charge on any atom is 0.0554 e. The summed E-state index contributed by atoms with van der Waals surface area (Å²) in [7, 11) is 0. The Hall–Kier alpha value is -0.860. The molecule has 0 spiro atoms. The number of rotatable bonds is 5. The molecule has 2 nitrogen and oxygen atoms in total. The molecule has 1 aliphatic heterocycles. The zero-order chi connectivity index (χ0) is 12.4. The minimum Gasteiger partial charge on any atom is -0.380 e. The fourth-order valence-corrected chi connectivity index (χ4v) is 2.22. The number of nitrogens with one attached hydrogen (secondary N) is 1. The molecule has 1 heterocycles. The van der Waals surface area contributed by atoms with Gasteiger partial charge in [0.1, 0.15) is 0 Å². The molecule has 0 aliphatic carbocycles. The summed E-state index contributed by atoms with van der Waals surface area (Å²) in [5, 5.41) is 3.59. The van der Waals surface area contributed by atoms with Gasteiger partial charge in [0.15, 0.2) is 0 Å². The van der Waals surface area contributed by atoms with E-state index in [-0.39, 0.29) is 5.41 Å².